The molecule has 0 aromatic carbocycles. The third-order valence-corrected chi connectivity index (χ3v) is 1.72. The van der Waals surface area contributed by atoms with Gasteiger partial charge in [0.2, 0.25) is 0 Å². The summed E-state index contributed by atoms with van der Waals surface area (Å²) < 4.78 is 23.5. The minimum atomic E-state index is -2.63. The molecule has 0 bridgehead atoms. The van der Waals surface area contributed by atoms with Gasteiger partial charge < -0.3 is 10.3 Å². The number of carbonyl (C=O) groups is 1. The minimum absolute atomic E-state index is 0.166. The number of amides is 1. The number of aromatic nitrogens is 1. The Morgan fingerprint density at radius 1 is 1.60 bits per heavy atom. The Bertz CT molecular complexity index is 415. The second-order valence-corrected chi connectivity index (χ2v) is 3.00. The standard InChI is InChI=1S/C9H10F2N2O2/c1-5-2-7(14)6(3-12-5)9(15)13-4-8(10)11/h2-3,8H,4H2,1H3,(H,12,14)(H,13,15). The van der Waals surface area contributed by atoms with Crippen molar-refractivity contribution in [1.29, 1.82) is 0 Å². The summed E-state index contributed by atoms with van der Waals surface area (Å²) in [5.41, 5.74) is -0.0512. The van der Waals surface area contributed by atoms with E-state index in [1.165, 1.54) is 12.3 Å². The Labute approximate surface area is 84.3 Å². The number of pyridine rings is 1. The van der Waals surface area contributed by atoms with Gasteiger partial charge in [-0.05, 0) is 6.92 Å². The molecule has 15 heavy (non-hydrogen) atoms. The molecular formula is C9H10F2N2O2. The largest absolute Gasteiger partial charge is 0.364 e. The van der Waals surface area contributed by atoms with Gasteiger partial charge in [-0.25, -0.2) is 8.78 Å². The van der Waals surface area contributed by atoms with Crippen LogP contribution in [0.25, 0.3) is 0 Å². The molecule has 0 fully saturated rings. The van der Waals surface area contributed by atoms with E-state index in [1.54, 1.807) is 6.92 Å². The number of H-pyrrole nitrogens is 1. The van der Waals surface area contributed by atoms with E-state index >= 15 is 0 Å². The maximum Gasteiger partial charge on any atom is 0.256 e. The molecule has 0 saturated carbocycles. The highest BCUT2D eigenvalue weighted by atomic mass is 19.3. The fourth-order valence-electron chi connectivity index (χ4n) is 1.02. The van der Waals surface area contributed by atoms with Crippen LogP contribution in [0.15, 0.2) is 17.1 Å². The molecule has 82 valence electrons. The molecule has 0 unspecified atom stereocenters. The first-order valence-electron chi connectivity index (χ1n) is 4.26. The lowest BCUT2D eigenvalue weighted by Gasteiger charge is -2.03. The first-order chi connectivity index (χ1) is 7.00. The Kier molecular flexibility index (Phi) is 3.54. The van der Waals surface area contributed by atoms with Crippen molar-refractivity contribution >= 4 is 5.91 Å². The molecule has 6 heteroatoms. The number of carbonyl (C=O) groups excluding carboxylic acids is 1. The number of aryl methyl sites for hydroxylation is 1. The third kappa shape index (κ3) is 3.16. The van der Waals surface area contributed by atoms with E-state index in [9.17, 15) is 18.4 Å². The van der Waals surface area contributed by atoms with Crippen LogP contribution in [-0.2, 0) is 0 Å². The summed E-state index contributed by atoms with van der Waals surface area (Å²) in [7, 11) is 0. The Morgan fingerprint density at radius 3 is 2.80 bits per heavy atom. The van der Waals surface area contributed by atoms with Gasteiger partial charge in [0.1, 0.15) is 5.56 Å². The molecule has 0 aliphatic heterocycles. The number of halogens is 2. The van der Waals surface area contributed by atoms with Crippen molar-refractivity contribution in [2.75, 3.05) is 6.54 Å². The van der Waals surface area contributed by atoms with Crippen LogP contribution in [0.5, 0.6) is 0 Å². The molecule has 0 radical (unpaired) electrons. The number of aromatic amines is 1. The Balaban J connectivity index is 2.79. The molecule has 1 aromatic heterocycles. The van der Waals surface area contributed by atoms with E-state index in [-0.39, 0.29) is 5.56 Å². The number of rotatable bonds is 3. The van der Waals surface area contributed by atoms with Crippen LogP contribution in [0, 0.1) is 6.92 Å². The molecule has 4 nitrogen and oxygen atoms in total. The van der Waals surface area contributed by atoms with Crippen LogP contribution >= 0.6 is 0 Å². The van der Waals surface area contributed by atoms with Gasteiger partial charge in [0.15, 0.2) is 5.43 Å². The summed E-state index contributed by atoms with van der Waals surface area (Å²) in [6.07, 6.45) is -1.42. The molecule has 2 N–H and O–H groups in total. The first kappa shape index (κ1) is 11.4. The van der Waals surface area contributed by atoms with Gasteiger partial charge in [-0.1, -0.05) is 0 Å². The monoisotopic (exact) mass is 216 g/mol. The lowest BCUT2D eigenvalue weighted by atomic mass is 10.2. The first-order valence-corrected chi connectivity index (χ1v) is 4.26. The highest BCUT2D eigenvalue weighted by Crippen LogP contribution is 1.94. The fraction of sp³-hybridized carbons (Fsp3) is 0.333. The number of hydrogen-bond acceptors (Lipinski definition) is 2. The van der Waals surface area contributed by atoms with Crippen molar-refractivity contribution in [3.05, 3.63) is 33.7 Å². The van der Waals surface area contributed by atoms with Crippen LogP contribution in [0.2, 0.25) is 0 Å². The molecule has 0 spiro atoms. The molecule has 1 aromatic rings. The molecule has 1 heterocycles. The van der Waals surface area contributed by atoms with Gasteiger partial charge in [0.05, 0.1) is 6.54 Å². The van der Waals surface area contributed by atoms with Crippen LogP contribution in [0.1, 0.15) is 16.1 Å². The van der Waals surface area contributed by atoms with Gasteiger partial charge in [-0.15, -0.1) is 0 Å². The topological polar surface area (TPSA) is 62.0 Å². The van der Waals surface area contributed by atoms with E-state index in [4.69, 9.17) is 0 Å². The van der Waals surface area contributed by atoms with E-state index in [1.807, 2.05) is 5.32 Å². The molecular weight excluding hydrogens is 206 g/mol. The van der Waals surface area contributed by atoms with Crippen LogP contribution in [0.3, 0.4) is 0 Å². The summed E-state index contributed by atoms with van der Waals surface area (Å²) in [4.78, 5) is 25.1. The summed E-state index contributed by atoms with van der Waals surface area (Å²) >= 11 is 0. The SMILES string of the molecule is Cc1cc(=O)c(C(=O)NCC(F)F)c[nH]1. The van der Waals surface area contributed by atoms with Crippen LogP contribution < -0.4 is 10.7 Å². The zero-order valence-corrected chi connectivity index (χ0v) is 8.01. The summed E-state index contributed by atoms with van der Waals surface area (Å²) in [5.74, 6) is -0.795. The molecule has 0 aliphatic carbocycles. The van der Waals surface area contributed by atoms with Gasteiger partial charge in [0, 0.05) is 18.0 Å². The van der Waals surface area contributed by atoms with E-state index in [0.29, 0.717) is 5.69 Å². The van der Waals surface area contributed by atoms with Crippen molar-refractivity contribution < 1.29 is 13.6 Å². The number of hydrogen-bond donors (Lipinski definition) is 2. The molecule has 0 aliphatic rings. The Hall–Kier alpha value is -1.72. The fourth-order valence-corrected chi connectivity index (χ4v) is 1.02. The van der Waals surface area contributed by atoms with Gasteiger partial charge >= 0.3 is 0 Å². The predicted molar refractivity (Wildman–Crippen MR) is 50.1 cm³/mol. The Morgan fingerprint density at radius 2 is 2.27 bits per heavy atom. The number of alkyl halides is 2. The zero-order chi connectivity index (χ0) is 11.4. The van der Waals surface area contributed by atoms with Crippen molar-refractivity contribution in [3.8, 4) is 0 Å². The van der Waals surface area contributed by atoms with Gasteiger partial charge in [-0.3, -0.25) is 9.59 Å². The van der Waals surface area contributed by atoms with Crippen LogP contribution in [0.4, 0.5) is 8.78 Å². The van der Waals surface area contributed by atoms with E-state index in [0.717, 1.165) is 0 Å². The van der Waals surface area contributed by atoms with Crippen molar-refractivity contribution in [2.45, 2.75) is 13.3 Å². The number of nitrogens with one attached hydrogen (secondary N) is 2. The highest BCUT2D eigenvalue weighted by molar-refractivity contribution is 5.93. The second kappa shape index (κ2) is 4.68. The van der Waals surface area contributed by atoms with E-state index < -0.39 is 24.3 Å². The van der Waals surface area contributed by atoms with Crippen molar-refractivity contribution in [3.63, 3.8) is 0 Å². The maximum atomic E-state index is 11.8. The molecule has 0 atom stereocenters. The maximum absolute atomic E-state index is 11.8. The van der Waals surface area contributed by atoms with Crippen molar-refractivity contribution in [1.82, 2.24) is 10.3 Å². The van der Waals surface area contributed by atoms with Gasteiger partial charge in [0.25, 0.3) is 12.3 Å². The van der Waals surface area contributed by atoms with Gasteiger partial charge in [-0.2, -0.15) is 0 Å². The smallest absolute Gasteiger partial charge is 0.256 e. The second-order valence-electron chi connectivity index (χ2n) is 3.00. The molecule has 1 rings (SSSR count). The third-order valence-electron chi connectivity index (χ3n) is 1.72. The van der Waals surface area contributed by atoms with Crippen molar-refractivity contribution in [2.24, 2.45) is 0 Å². The van der Waals surface area contributed by atoms with Crippen LogP contribution in [-0.4, -0.2) is 23.9 Å². The normalized spacial score (nSPS) is 10.4. The molecule has 1 amide bonds. The summed E-state index contributed by atoms with van der Waals surface area (Å²) in [5, 5.41) is 1.95. The highest BCUT2D eigenvalue weighted by Gasteiger charge is 2.11. The quantitative estimate of drug-likeness (QED) is 0.780. The zero-order valence-electron chi connectivity index (χ0n) is 8.01. The summed E-state index contributed by atoms with van der Waals surface area (Å²) in [6, 6.07) is 1.23. The van der Waals surface area contributed by atoms with E-state index in [2.05, 4.69) is 4.98 Å². The predicted octanol–water partition coefficient (Wildman–Crippen LogP) is 0.678. The average Bonchev–Trinajstić information content (AvgIpc) is 2.14. The average molecular weight is 216 g/mol. The molecule has 0 saturated heterocycles. The minimum Gasteiger partial charge on any atom is -0.364 e. The summed E-state index contributed by atoms with van der Waals surface area (Å²) in [6.45, 7) is 0.897. The lowest BCUT2D eigenvalue weighted by molar-refractivity contribution is 0.0890. The lowest BCUT2D eigenvalue weighted by Crippen LogP contribution is -2.32.